The van der Waals surface area contributed by atoms with Crippen LogP contribution < -0.4 is 10.5 Å². The lowest BCUT2D eigenvalue weighted by Gasteiger charge is -2.30. The largest absolute Gasteiger partial charge is 0.417 e. The molecule has 0 bridgehead atoms. The molecular weight excluding hydrogens is 407 g/mol. The summed E-state index contributed by atoms with van der Waals surface area (Å²) in [6, 6.07) is 2.58. The molecule has 0 aromatic heterocycles. The number of amides is 1. The van der Waals surface area contributed by atoms with E-state index in [9.17, 15) is 26.4 Å². The first-order valence-electron chi connectivity index (χ1n) is 7.85. The van der Waals surface area contributed by atoms with Crippen molar-refractivity contribution in [2.75, 3.05) is 20.1 Å². The predicted molar refractivity (Wildman–Crippen MR) is 98.9 cm³/mol. The van der Waals surface area contributed by atoms with Crippen molar-refractivity contribution >= 4 is 28.3 Å². The van der Waals surface area contributed by atoms with Crippen LogP contribution in [-0.4, -0.2) is 45.4 Å². The molecule has 0 saturated carbocycles. The quantitative estimate of drug-likeness (QED) is 0.692. The van der Waals surface area contributed by atoms with E-state index >= 15 is 0 Å². The normalized spacial score (nSPS) is 13.6. The van der Waals surface area contributed by atoms with E-state index in [0.717, 1.165) is 12.1 Å². The molecule has 0 saturated heterocycles. The average molecular weight is 432 g/mol. The molecule has 156 valence electrons. The van der Waals surface area contributed by atoms with Gasteiger partial charge in [0.15, 0.2) is 0 Å². The topological polar surface area (TPSA) is 92.5 Å². The van der Waals surface area contributed by atoms with E-state index in [1.165, 1.54) is 24.9 Å². The minimum Gasteiger partial charge on any atom is -0.344 e. The Morgan fingerprint density at radius 1 is 1.26 bits per heavy atom. The second-order valence-electron chi connectivity index (χ2n) is 6.90. The molecule has 0 aliphatic heterocycles. The van der Waals surface area contributed by atoms with Gasteiger partial charge in [-0.2, -0.15) is 17.9 Å². The third-order valence-corrected chi connectivity index (χ3v) is 5.38. The molecule has 1 atom stereocenters. The Morgan fingerprint density at radius 3 is 2.26 bits per heavy atom. The summed E-state index contributed by atoms with van der Waals surface area (Å²) in [6.45, 7) is 5.54. The summed E-state index contributed by atoms with van der Waals surface area (Å²) in [5, 5.41) is 0. The van der Waals surface area contributed by atoms with Crippen molar-refractivity contribution in [2.45, 2.75) is 37.9 Å². The molecule has 1 aromatic carbocycles. The maximum absolute atomic E-state index is 13.0. The zero-order chi connectivity index (χ0) is 20.3. The van der Waals surface area contributed by atoms with Crippen LogP contribution in [-0.2, 0) is 21.0 Å². The highest BCUT2D eigenvalue weighted by Gasteiger charge is 2.38. The number of halogens is 4. The van der Waals surface area contributed by atoms with Crippen molar-refractivity contribution in [2.24, 2.45) is 11.1 Å². The predicted octanol–water partition coefficient (Wildman–Crippen LogP) is 2.24. The summed E-state index contributed by atoms with van der Waals surface area (Å²) >= 11 is 0. The first kappa shape index (κ1) is 25.6. The highest BCUT2D eigenvalue weighted by atomic mass is 35.5. The average Bonchev–Trinajstić information content (AvgIpc) is 2.52. The maximum Gasteiger partial charge on any atom is 0.417 e. The third kappa shape index (κ3) is 6.95. The molecule has 11 heteroatoms. The Hall–Kier alpha value is -1.36. The molecule has 0 heterocycles. The molecular formula is C16H25ClF3N3O3S. The van der Waals surface area contributed by atoms with Gasteiger partial charge in [0, 0.05) is 13.6 Å². The molecule has 1 unspecified atom stereocenters. The molecule has 6 nitrogen and oxygen atoms in total. The van der Waals surface area contributed by atoms with Crippen molar-refractivity contribution in [1.29, 1.82) is 0 Å². The SMILES string of the molecule is CC(NS(=O)(=O)c1ccccc1C(F)(F)F)C(=O)N(C)CC(C)(C)CN.Cl. The zero-order valence-corrected chi connectivity index (χ0v) is 17.1. The van der Waals surface area contributed by atoms with Crippen molar-refractivity contribution in [3.8, 4) is 0 Å². The van der Waals surface area contributed by atoms with Gasteiger partial charge in [0.25, 0.3) is 0 Å². The van der Waals surface area contributed by atoms with Crippen molar-refractivity contribution < 1.29 is 26.4 Å². The fraction of sp³-hybridized carbons (Fsp3) is 0.562. The van der Waals surface area contributed by atoms with E-state index in [1.54, 1.807) is 0 Å². The number of alkyl halides is 3. The summed E-state index contributed by atoms with van der Waals surface area (Å²) in [5.74, 6) is -0.570. The van der Waals surface area contributed by atoms with Gasteiger partial charge >= 0.3 is 6.18 Å². The summed E-state index contributed by atoms with van der Waals surface area (Å²) in [5.41, 5.74) is 3.94. The Bertz CT molecular complexity index is 755. The van der Waals surface area contributed by atoms with Crippen molar-refractivity contribution in [3.63, 3.8) is 0 Å². The van der Waals surface area contributed by atoms with Crippen LogP contribution in [0.4, 0.5) is 13.2 Å². The molecule has 1 rings (SSSR count). The number of nitrogens with one attached hydrogen (secondary N) is 1. The molecule has 1 amide bonds. The van der Waals surface area contributed by atoms with Gasteiger partial charge in [0.1, 0.15) is 0 Å². The van der Waals surface area contributed by atoms with Gasteiger partial charge in [0.05, 0.1) is 16.5 Å². The van der Waals surface area contributed by atoms with Crippen LogP contribution >= 0.6 is 12.4 Å². The van der Waals surface area contributed by atoms with Crippen LogP contribution in [0.15, 0.2) is 29.2 Å². The Kier molecular flexibility index (Phi) is 8.76. The number of rotatable bonds is 7. The van der Waals surface area contributed by atoms with E-state index < -0.39 is 38.6 Å². The lowest BCUT2D eigenvalue weighted by Crippen LogP contribution is -2.48. The van der Waals surface area contributed by atoms with Crippen LogP contribution in [0, 0.1) is 5.41 Å². The van der Waals surface area contributed by atoms with Gasteiger partial charge in [-0.25, -0.2) is 8.42 Å². The highest BCUT2D eigenvalue weighted by Crippen LogP contribution is 2.33. The lowest BCUT2D eigenvalue weighted by molar-refractivity contribution is -0.139. The Labute approximate surface area is 163 Å². The highest BCUT2D eigenvalue weighted by molar-refractivity contribution is 7.89. The second-order valence-corrected chi connectivity index (χ2v) is 8.58. The summed E-state index contributed by atoms with van der Waals surface area (Å²) < 4.78 is 65.9. The van der Waals surface area contributed by atoms with Crippen LogP contribution in [0.2, 0.25) is 0 Å². The summed E-state index contributed by atoms with van der Waals surface area (Å²) in [6.07, 6.45) is -4.83. The minimum atomic E-state index is -4.83. The number of benzene rings is 1. The molecule has 0 radical (unpaired) electrons. The number of hydrogen-bond acceptors (Lipinski definition) is 4. The standard InChI is InChI=1S/C16H24F3N3O3S.ClH/c1-11(14(23)22(4)10-15(2,3)9-20)21-26(24,25)13-8-6-5-7-12(13)16(17,18)19;/h5-8,11,21H,9-10,20H2,1-4H3;1H. The van der Waals surface area contributed by atoms with Gasteiger partial charge in [-0.15, -0.1) is 12.4 Å². The molecule has 0 aliphatic rings. The molecule has 0 aliphatic carbocycles. The number of carbonyl (C=O) groups is 1. The third-order valence-electron chi connectivity index (χ3n) is 3.78. The van der Waals surface area contributed by atoms with E-state index in [2.05, 4.69) is 0 Å². The number of likely N-dealkylation sites (N-methyl/N-ethyl adjacent to an activating group) is 1. The molecule has 27 heavy (non-hydrogen) atoms. The summed E-state index contributed by atoms with van der Waals surface area (Å²) in [4.78, 5) is 12.7. The monoisotopic (exact) mass is 431 g/mol. The molecule has 0 spiro atoms. The van der Waals surface area contributed by atoms with E-state index in [-0.39, 0.29) is 24.4 Å². The van der Waals surface area contributed by atoms with Crippen molar-refractivity contribution in [1.82, 2.24) is 9.62 Å². The minimum absolute atomic E-state index is 0. The number of nitrogens with two attached hydrogens (primary N) is 1. The lowest BCUT2D eigenvalue weighted by atomic mass is 9.93. The van der Waals surface area contributed by atoms with Crippen LogP contribution in [0.1, 0.15) is 26.3 Å². The fourth-order valence-electron chi connectivity index (χ4n) is 2.40. The first-order chi connectivity index (χ1) is 11.7. The fourth-order valence-corrected chi connectivity index (χ4v) is 3.82. The number of hydrogen-bond donors (Lipinski definition) is 2. The number of sulfonamides is 1. The number of nitrogens with zero attached hydrogens (tertiary/aromatic N) is 1. The van der Waals surface area contributed by atoms with E-state index in [4.69, 9.17) is 5.73 Å². The Balaban J connectivity index is 0.00000676. The molecule has 0 fully saturated rings. The van der Waals surface area contributed by atoms with Crippen LogP contribution in [0.3, 0.4) is 0 Å². The van der Waals surface area contributed by atoms with Crippen molar-refractivity contribution in [3.05, 3.63) is 29.8 Å². The van der Waals surface area contributed by atoms with Crippen LogP contribution in [0.5, 0.6) is 0 Å². The molecule has 3 N–H and O–H groups in total. The maximum atomic E-state index is 13.0. The molecule has 1 aromatic rings. The summed E-state index contributed by atoms with van der Waals surface area (Å²) in [7, 11) is -3.06. The van der Waals surface area contributed by atoms with E-state index in [0.29, 0.717) is 12.6 Å². The van der Waals surface area contributed by atoms with Gasteiger partial charge in [-0.1, -0.05) is 26.0 Å². The first-order valence-corrected chi connectivity index (χ1v) is 9.33. The van der Waals surface area contributed by atoms with Gasteiger partial charge in [0.2, 0.25) is 15.9 Å². The zero-order valence-electron chi connectivity index (χ0n) is 15.5. The van der Waals surface area contributed by atoms with Crippen LogP contribution in [0.25, 0.3) is 0 Å². The smallest absolute Gasteiger partial charge is 0.344 e. The number of carbonyl (C=O) groups excluding carboxylic acids is 1. The Morgan fingerprint density at radius 2 is 1.78 bits per heavy atom. The van der Waals surface area contributed by atoms with Gasteiger partial charge in [-0.3, -0.25) is 4.79 Å². The van der Waals surface area contributed by atoms with Gasteiger partial charge in [-0.05, 0) is 31.0 Å². The second kappa shape index (κ2) is 9.22. The van der Waals surface area contributed by atoms with E-state index in [1.807, 2.05) is 18.6 Å². The van der Waals surface area contributed by atoms with Gasteiger partial charge < -0.3 is 10.6 Å².